The molecule has 3 aromatic rings. The maximum absolute atomic E-state index is 13.1. The Bertz CT molecular complexity index is 1220. The van der Waals surface area contributed by atoms with Crippen molar-refractivity contribution in [2.24, 2.45) is 5.14 Å². The standard InChI is InChI=1S/C23H30N4O4S2/c1-3-26(4-2)14-7-15-27-22(28)20-8-5-6-9-21(20)25-23(27)32-17-16-31-18-10-12-19(13-11-18)33(24,29)30/h5-6,8-13H,3-4,7,14-17H2,1-2H3,(H2,24,29,30). The van der Waals surface area contributed by atoms with Crippen molar-refractivity contribution in [3.05, 3.63) is 58.9 Å². The lowest BCUT2D eigenvalue weighted by atomic mass is 10.2. The van der Waals surface area contributed by atoms with E-state index < -0.39 is 10.0 Å². The summed E-state index contributed by atoms with van der Waals surface area (Å²) in [7, 11) is -3.73. The number of ether oxygens (including phenoxy) is 1. The molecule has 0 aliphatic heterocycles. The van der Waals surface area contributed by atoms with E-state index >= 15 is 0 Å². The van der Waals surface area contributed by atoms with Gasteiger partial charge in [-0.25, -0.2) is 18.5 Å². The SMILES string of the molecule is CCN(CC)CCCn1c(SCCOc2ccc(S(N)(=O)=O)cc2)nc2ccccc2c1=O. The second kappa shape index (κ2) is 11.6. The van der Waals surface area contributed by atoms with Gasteiger partial charge in [0.2, 0.25) is 10.0 Å². The summed E-state index contributed by atoms with van der Waals surface area (Å²) in [5, 5.41) is 6.41. The number of hydrogen-bond donors (Lipinski definition) is 1. The number of para-hydroxylation sites is 1. The van der Waals surface area contributed by atoms with Crippen LogP contribution >= 0.6 is 11.8 Å². The topological polar surface area (TPSA) is 108 Å². The first-order valence-electron chi connectivity index (χ1n) is 10.9. The van der Waals surface area contributed by atoms with Crippen molar-refractivity contribution in [1.82, 2.24) is 14.5 Å². The summed E-state index contributed by atoms with van der Waals surface area (Å²) in [6.07, 6.45) is 0.863. The molecule has 0 atom stereocenters. The van der Waals surface area contributed by atoms with Crippen LogP contribution in [0.4, 0.5) is 0 Å². The maximum Gasteiger partial charge on any atom is 0.262 e. The van der Waals surface area contributed by atoms with Crippen molar-refractivity contribution in [3.8, 4) is 5.75 Å². The molecule has 8 nitrogen and oxygen atoms in total. The number of primary sulfonamides is 1. The Morgan fingerprint density at radius 1 is 1.09 bits per heavy atom. The number of benzene rings is 2. The van der Waals surface area contributed by atoms with E-state index in [1.54, 1.807) is 16.7 Å². The van der Waals surface area contributed by atoms with Gasteiger partial charge < -0.3 is 9.64 Å². The van der Waals surface area contributed by atoms with Crippen LogP contribution in [-0.2, 0) is 16.6 Å². The third-order valence-corrected chi connectivity index (χ3v) is 7.18. The van der Waals surface area contributed by atoms with E-state index in [0.29, 0.717) is 40.7 Å². The molecule has 1 aromatic heterocycles. The molecular formula is C23H30N4O4S2. The molecule has 10 heteroatoms. The fourth-order valence-corrected chi connectivity index (χ4v) is 4.82. The molecule has 0 fully saturated rings. The first-order chi connectivity index (χ1) is 15.8. The summed E-state index contributed by atoms with van der Waals surface area (Å²) < 4.78 is 30.2. The van der Waals surface area contributed by atoms with Gasteiger partial charge in [-0.3, -0.25) is 9.36 Å². The van der Waals surface area contributed by atoms with Gasteiger partial charge in [0, 0.05) is 12.3 Å². The lowest BCUT2D eigenvalue weighted by molar-refractivity contribution is 0.290. The van der Waals surface area contributed by atoms with Crippen molar-refractivity contribution in [2.75, 3.05) is 32.0 Å². The van der Waals surface area contributed by atoms with E-state index in [0.717, 1.165) is 26.1 Å². The number of rotatable bonds is 12. The second-order valence-electron chi connectivity index (χ2n) is 7.46. The summed E-state index contributed by atoms with van der Waals surface area (Å²) >= 11 is 1.47. The predicted octanol–water partition coefficient (Wildman–Crippen LogP) is 2.95. The highest BCUT2D eigenvalue weighted by atomic mass is 32.2. The minimum atomic E-state index is -3.73. The smallest absolute Gasteiger partial charge is 0.262 e. The number of nitrogens with two attached hydrogens (primary N) is 1. The van der Waals surface area contributed by atoms with Crippen molar-refractivity contribution in [2.45, 2.75) is 36.9 Å². The molecule has 0 aliphatic carbocycles. The van der Waals surface area contributed by atoms with Gasteiger partial charge in [0.05, 0.1) is 22.4 Å². The van der Waals surface area contributed by atoms with Gasteiger partial charge in [0.25, 0.3) is 5.56 Å². The highest BCUT2D eigenvalue weighted by molar-refractivity contribution is 7.99. The number of aromatic nitrogens is 2. The number of hydrogen-bond acceptors (Lipinski definition) is 7. The van der Waals surface area contributed by atoms with Crippen LogP contribution in [0.15, 0.2) is 63.4 Å². The lowest BCUT2D eigenvalue weighted by Gasteiger charge is -2.19. The van der Waals surface area contributed by atoms with Crippen molar-refractivity contribution in [1.29, 1.82) is 0 Å². The molecule has 3 rings (SSSR count). The monoisotopic (exact) mass is 490 g/mol. The van der Waals surface area contributed by atoms with E-state index in [-0.39, 0.29) is 10.5 Å². The van der Waals surface area contributed by atoms with Crippen LogP contribution in [-0.4, -0.2) is 54.9 Å². The fraction of sp³-hybridized carbons (Fsp3) is 0.391. The Morgan fingerprint density at radius 3 is 2.45 bits per heavy atom. The van der Waals surface area contributed by atoms with E-state index in [2.05, 4.69) is 18.7 Å². The van der Waals surface area contributed by atoms with Gasteiger partial charge in [-0.15, -0.1) is 0 Å². The molecule has 0 unspecified atom stereocenters. The highest BCUT2D eigenvalue weighted by Crippen LogP contribution is 2.20. The van der Waals surface area contributed by atoms with Gasteiger partial charge in [0.1, 0.15) is 5.75 Å². The molecule has 1 heterocycles. The van der Waals surface area contributed by atoms with Crippen LogP contribution in [0.25, 0.3) is 10.9 Å². The third-order valence-electron chi connectivity index (χ3n) is 5.31. The summed E-state index contributed by atoms with van der Waals surface area (Å²) in [6.45, 7) is 8.14. The van der Waals surface area contributed by atoms with Gasteiger partial charge in [-0.1, -0.05) is 37.7 Å². The van der Waals surface area contributed by atoms with Crippen LogP contribution in [0.3, 0.4) is 0 Å². The first kappa shape index (κ1) is 25.2. The number of thioether (sulfide) groups is 1. The average Bonchev–Trinajstić information content (AvgIpc) is 2.81. The van der Waals surface area contributed by atoms with Crippen LogP contribution in [0.5, 0.6) is 5.75 Å². The lowest BCUT2D eigenvalue weighted by Crippen LogP contribution is -2.28. The molecule has 2 N–H and O–H groups in total. The van der Waals surface area contributed by atoms with Gasteiger partial charge in [-0.2, -0.15) is 0 Å². The Morgan fingerprint density at radius 2 is 1.79 bits per heavy atom. The van der Waals surface area contributed by atoms with E-state index in [4.69, 9.17) is 14.9 Å². The van der Waals surface area contributed by atoms with E-state index in [1.807, 2.05) is 24.3 Å². The van der Waals surface area contributed by atoms with Gasteiger partial charge in [0.15, 0.2) is 5.16 Å². The number of fused-ring (bicyclic) bond motifs is 1. The first-order valence-corrected chi connectivity index (χ1v) is 13.5. The molecule has 2 aromatic carbocycles. The fourth-order valence-electron chi connectivity index (χ4n) is 3.47. The Hall–Kier alpha value is -2.40. The minimum absolute atomic E-state index is 0.0258. The quantitative estimate of drug-likeness (QED) is 0.236. The Labute approximate surface area is 198 Å². The highest BCUT2D eigenvalue weighted by Gasteiger charge is 2.12. The molecule has 0 spiro atoms. The molecule has 0 saturated heterocycles. The minimum Gasteiger partial charge on any atom is -0.493 e. The zero-order valence-corrected chi connectivity index (χ0v) is 20.6. The summed E-state index contributed by atoms with van der Waals surface area (Å²) in [4.78, 5) is 20.2. The van der Waals surface area contributed by atoms with E-state index in [1.165, 1.54) is 23.9 Å². The van der Waals surface area contributed by atoms with Gasteiger partial charge >= 0.3 is 0 Å². The van der Waals surface area contributed by atoms with Crippen LogP contribution in [0, 0.1) is 0 Å². The van der Waals surface area contributed by atoms with Crippen molar-refractivity contribution >= 4 is 32.7 Å². The van der Waals surface area contributed by atoms with Crippen molar-refractivity contribution in [3.63, 3.8) is 0 Å². The molecule has 0 amide bonds. The van der Waals surface area contributed by atoms with Gasteiger partial charge in [-0.05, 0) is 62.5 Å². The third kappa shape index (κ3) is 6.80. The molecule has 0 radical (unpaired) electrons. The maximum atomic E-state index is 13.1. The molecule has 0 bridgehead atoms. The zero-order valence-electron chi connectivity index (χ0n) is 18.9. The molecular weight excluding hydrogens is 460 g/mol. The zero-order chi connectivity index (χ0) is 23.8. The van der Waals surface area contributed by atoms with Crippen molar-refractivity contribution < 1.29 is 13.2 Å². The summed E-state index contributed by atoms with van der Waals surface area (Å²) in [5.74, 6) is 1.13. The van der Waals surface area contributed by atoms with E-state index in [9.17, 15) is 13.2 Å². The molecule has 0 aliphatic rings. The second-order valence-corrected chi connectivity index (χ2v) is 10.1. The number of sulfonamides is 1. The Balaban J connectivity index is 1.68. The predicted molar refractivity (Wildman–Crippen MR) is 132 cm³/mol. The normalized spacial score (nSPS) is 11.9. The average molecular weight is 491 g/mol. The summed E-state index contributed by atoms with van der Waals surface area (Å²) in [6, 6.07) is 13.4. The number of nitrogens with zero attached hydrogens (tertiary/aromatic N) is 3. The molecule has 178 valence electrons. The van der Waals surface area contributed by atoms with Crippen LogP contribution in [0.1, 0.15) is 20.3 Å². The largest absolute Gasteiger partial charge is 0.493 e. The summed E-state index contributed by atoms with van der Waals surface area (Å²) in [5.41, 5.74) is 0.659. The Kier molecular flexibility index (Phi) is 8.90. The molecule has 0 saturated carbocycles. The van der Waals surface area contributed by atoms with Crippen LogP contribution in [0.2, 0.25) is 0 Å². The molecule has 33 heavy (non-hydrogen) atoms. The van der Waals surface area contributed by atoms with Crippen LogP contribution < -0.4 is 15.4 Å².